The molecule has 0 radical (unpaired) electrons. The molecule has 2 aliphatic heterocycles. The summed E-state index contributed by atoms with van der Waals surface area (Å²) in [6.45, 7) is 4.38. The molecule has 6 heterocycles. The zero-order chi connectivity index (χ0) is 32.9. The van der Waals surface area contributed by atoms with Gasteiger partial charge in [-0.25, -0.2) is 19.2 Å². The lowest BCUT2D eigenvalue weighted by Gasteiger charge is -2.28. The first-order chi connectivity index (χ1) is 22.7. The van der Waals surface area contributed by atoms with Crippen LogP contribution in [-0.4, -0.2) is 78.8 Å². The molecular formula is C31H34N2O14. The molecule has 2 fully saturated rings. The molecule has 0 bridgehead atoms. The van der Waals surface area contributed by atoms with E-state index in [2.05, 4.69) is 9.97 Å². The predicted octanol–water partition coefficient (Wildman–Crippen LogP) is 5.64. The van der Waals surface area contributed by atoms with Crippen molar-refractivity contribution in [3.8, 4) is 0 Å². The van der Waals surface area contributed by atoms with Gasteiger partial charge < -0.3 is 56.7 Å². The number of carbonyl (C=O) groups excluding carboxylic acids is 4. The Balaban J connectivity index is 0.968. The first-order valence-electron chi connectivity index (χ1n) is 15.3. The highest BCUT2D eigenvalue weighted by molar-refractivity contribution is 5.94. The number of nitrogens with one attached hydrogen (secondary N) is 2. The van der Waals surface area contributed by atoms with Gasteiger partial charge in [-0.3, -0.25) is 0 Å². The first kappa shape index (κ1) is 32.0. The molecule has 47 heavy (non-hydrogen) atoms. The van der Waals surface area contributed by atoms with E-state index in [1.807, 2.05) is 0 Å². The molecule has 252 valence electrons. The highest BCUT2D eigenvalue weighted by atomic mass is 16.8. The Labute approximate surface area is 266 Å². The van der Waals surface area contributed by atoms with Crippen LogP contribution in [-0.2, 0) is 37.9 Å². The minimum Gasteiger partial charge on any atom is -0.463 e. The standard InChI is InChI=1S/C31H34N2O14/c1-3-27(47-31(37)43-17-4-8-38-9-5-17)46-29(35)22-15-24-20(33-22)13-26(45-24)25-12-18(6-10-40-25)44-30(36)42-16(2)41-28(34)21-14-23-19(32-21)7-11-39-23/h7,11,13-18,25,27,32-33H,3-6,8-10,12H2,1-2H3. The zero-order valence-electron chi connectivity index (χ0n) is 25.6. The van der Waals surface area contributed by atoms with Crippen LogP contribution >= 0.6 is 0 Å². The van der Waals surface area contributed by atoms with Gasteiger partial charge in [-0.1, -0.05) is 6.92 Å². The van der Waals surface area contributed by atoms with Crippen LogP contribution in [0.4, 0.5) is 9.59 Å². The smallest absolute Gasteiger partial charge is 0.463 e. The van der Waals surface area contributed by atoms with Crippen molar-refractivity contribution >= 4 is 46.4 Å². The van der Waals surface area contributed by atoms with Gasteiger partial charge in [0.2, 0.25) is 6.29 Å². The third-order valence-electron chi connectivity index (χ3n) is 7.59. The van der Waals surface area contributed by atoms with Gasteiger partial charge in [-0.15, -0.1) is 0 Å². The van der Waals surface area contributed by atoms with Crippen LogP contribution in [0.3, 0.4) is 0 Å². The summed E-state index contributed by atoms with van der Waals surface area (Å²) in [6.07, 6.45) is -2.12. The number of hydrogen-bond donors (Lipinski definition) is 2. The van der Waals surface area contributed by atoms with E-state index in [1.54, 1.807) is 19.1 Å². The number of H-pyrrole nitrogens is 2. The van der Waals surface area contributed by atoms with Crippen LogP contribution in [0, 0.1) is 0 Å². The predicted molar refractivity (Wildman–Crippen MR) is 156 cm³/mol. The number of ether oxygens (including phenoxy) is 8. The molecule has 4 atom stereocenters. The topological polar surface area (TPSA) is 200 Å². The van der Waals surface area contributed by atoms with Crippen molar-refractivity contribution in [3.63, 3.8) is 0 Å². The van der Waals surface area contributed by atoms with Crippen molar-refractivity contribution in [1.29, 1.82) is 0 Å². The van der Waals surface area contributed by atoms with Crippen molar-refractivity contribution < 1.29 is 65.9 Å². The van der Waals surface area contributed by atoms with Gasteiger partial charge in [-0.2, -0.15) is 0 Å². The summed E-state index contributed by atoms with van der Waals surface area (Å²) in [6, 6.07) is 6.30. The fourth-order valence-electron chi connectivity index (χ4n) is 5.22. The number of carbonyl (C=O) groups is 4. The Bertz CT molecular complexity index is 1650. The fraction of sp³-hybridized carbons (Fsp3) is 0.484. The van der Waals surface area contributed by atoms with E-state index >= 15 is 0 Å². The second-order valence-electron chi connectivity index (χ2n) is 11.0. The average Bonchev–Trinajstić information content (AvgIpc) is 3.82. The maximum atomic E-state index is 12.8. The molecule has 0 amide bonds. The van der Waals surface area contributed by atoms with Crippen molar-refractivity contribution in [2.75, 3.05) is 19.8 Å². The lowest BCUT2D eigenvalue weighted by atomic mass is 10.0. The molecule has 2 N–H and O–H groups in total. The van der Waals surface area contributed by atoms with E-state index in [0.29, 0.717) is 60.4 Å². The van der Waals surface area contributed by atoms with E-state index < -0.39 is 49.0 Å². The normalized spacial score (nSPS) is 20.0. The second-order valence-corrected chi connectivity index (χ2v) is 11.0. The molecule has 4 aromatic heterocycles. The van der Waals surface area contributed by atoms with Crippen molar-refractivity contribution in [1.82, 2.24) is 9.97 Å². The van der Waals surface area contributed by atoms with Crippen molar-refractivity contribution in [3.05, 3.63) is 47.7 Å². The number of fused-ring (bicyclic) bond motifs is 2. The highest BCUT2D eigenvalue weighted by Crippen LogP contribution is 2.34. The molecule has 4 unspecified atom stereocenters. The third kappa shape index (κ3) is 7.89. The van der Waals surface area contributed by atoms with Crippen LogP contribution < -0.4 is 0 Å². The molecule has 4 aromatic rings. The van der Waals surface area contributed by atoms with Crippen molar-refractivity contribution in [2.45, 2.75) is 76.8 Å². The van der Waals surface area contributed by atoms with Gasteiger partial charge in [0.15, 0.2) is 11.2 Å². The molecule has 0 spiro atoms. The molecule has 2 aliphatic rings. The summed E-state index contributed by atoms with van der Waals surface area (Å²) in [7, 11) is 0. The Morgan fingerprint density at radius 1 is 0.830 bits per heavy atom. The fourth-order valence-corrected chi connectivity index (χ4v) is 5.22. The number of esters is 2. The SMILES string of the molecule is CCC(OC(=O)OC1CCOCC1)OC(=O)c1cc2oc(C3CC(OC(=O)OC(C)OC(=O)c4cc5occc5[nH]4)CCO3)cc2[nH]1. The second kappa shape index (κ2) is 14.2. The quantitative estimate of drug-likeness (QED) is 0.120. The highest BCUT2D eigenvalue weighted by Gasteiger charge is 2.31. The lowest BCUT2D eigenvalue weighted by Crippen LogP contribution is -2.30. The number of aromatic amines is 2. The van der Waals surface area contributed by atoms with Crippen LogP contribution in [0.25, 0.3) is 22.2 Å². The number of aromatic nitrogens is 2. The van der Waals surface area contributed by atoms with E-state index in [4.69, 9.17) is 46.7 Å². The van der Waals surface area contributed by atoms with Gasteiger partial charge in [0.05, 0.1) is 37.1 Å². The number of hydrogen-bond acceptors (Lipinski definition) is 14. The van der Waals surface area contributed by atoms with Crippen LogP contribution in [0.15, 0.2) is 39.4 Å². The van der Waals surface area contributed by atoms with Gasteiger partial charge in [0.25, 0.3) is 6.29 Å². The molecular weight excluding hydrogens is 624 g/mol. The Hall–Kier alpha value is -4.96. The van der Waals surface area contributed by atoms with E-state index in [1.165, 1.54) is 25.3 Å². The minimum atomic E-state index is -1.21. The van der Waals surface area contributed by atoms with Gasteiger partial charge in [-0.05, 0) is 0 Å². The zero-order valence-corrected chi connectivity index (χ0v) is 25.6. The molecule has 0 saturated carbocycles. The molecule has 2 saturated heterocycles. The Morgan fingerprint density at radius 3 is 2.26 bits per heavy atom. The molecule has 16 nitrogen and oxygen atoms in total. The van der Waals surface area contributed by atoms with Gasteiger partial charge >= 0.3 is 24.2 Å². The summed E-state index contributed by atoms with van der Waals surface area (Å²) in [5, 5.41) is 0. The lowest BCUT2D eigenvalue weighted by molar-refractivity contribution is -0.109. The monoisotopic (exact) mass is 658 g/mol. The van der Waals surface area contributed by atoms with Crippen LogP contribution in [0.5, 0.6) is 0 Å². The summed E-state index contributed by atoms with van der Waals surface area (Å²) in [4.78, 5) is 55.5. The molecule has 16 heteroatoms. The summed E-state index contributed by atoms with van der Waals surface area (Å²) in [5.74, 6) is -1.01. The van der Waals surface area contributed by atoms with E-state index in [-0.39, 0.29) is 36.9 Å². The first-order valence-corrected chi connectivity index (χ1v) is 15.3. The molecule has 6 rings (SSSR count). The Morgan fingerprint density at radius 2 is 1.51 bits per heavy atom. The third-order valence-corrected chi connectivity index (χ3v) is 7.59. The molecule has 0 aliphatic carbocycles. The maximum absolute atomic E-state index is 12.8. The van der Waals surface area contributed by atoms with Crippen LogP contribution in [0.2, 0.25) is 0 Å². The minimum absolute atomic E-state index is 0.0963. The number of furan rings is 2. The summed E-state index contributed by atoms with van der Waals surface area (Å²) < 4.78 is 53.7. The largest absolute Gasteiger partial charge is 0.511 e. The Kier molecular flexibility index (Phi) is 9.68. The average molecular weight is 659 g/mol. The summed E-state index contributed by atoms with van der Waals surface area (Å²) >= 11 is 0. The van der Waals surface area contributed by atoms with Gasteiger partial charge in [0, 0.05) is 63.3 Å². The number of rotatable bonds is 10. The van der Waals surface area contributed by atoms with Crippen molar-refractivity contribution in [2.24, 2.45) is 0 Å². The van der Waals surface area contributed by atoms with E-state index in [0.717, 1.165) is 0 Å². The molecule has 0 aromatic carbocycles. The van der Waals surface area contributed by atoms with E-state index in [9.17, 15) is 19.2 Å². The van der Waals surface area contributed by atoms with Crippen LogP contribution in [0.1, 0.15) is 78.8 Å². The van der Waals surface area contributed by atoms with Gasteiger partial charge in [0.1, 0.15) is 35.5 Å². The summed E-state index contributed by atoms with van der Waals surface area (Å²) in [5.41, 5.74) is 2.25. The maximum Gasteiger partial charge on any atom is 0.511 e.